The van der Waals surface area contributed by atoms with E-state index in [0.29, 0.717) is 18.7 Å². The molecular weight excluding hydrogens is 453 g/mol. The van der Waals surface area contributed by atoms with E-state index >= 15 is 0 Å². The third-order valence-corrected chi connectivity index (χ3v) is 5.71. The Kier molecular flexibility index (Phi) is 8.26. The Hall–Kier alpha value is -3.41. The van der Waals surface area contributed by atoms with Crippen molar-refractivity contribution in [1.29, 1.82) is 0 Å². The van der Waals surface area contributed by atoms with Crippen molar-refractivity contribution in [2.45, 2.75) is 26.4 Å². The molecule has 2 N–H and O–H groups in total. The molecule has 4 aromatic rings. The maximum atomic E-state index is 14.0. The van der Waals surface area contributed by atoms with Crippen molar-refractivity contribution < 1.29 is 19.0 Å². The highest BCUT2D eigenvalue weighted by Crippen LogP contribution is 2.32. The Morgan fingerprint density at radius 3 is 2.59 bits per heavy atom. The third-order valence-electron chi connectivity index (χ3n) is 5.71. The van der Waals surface area contributed by atoms with E-state index in [-0.39, 0.29) is 24.0 Å². The minimum Gasteiger partial charge on any atom is -0.494 e. The maximum Gasteiger partial charge on any atom is 0.338 e. The van der Waals surface area contributed by atoms with Crippen molar-refractivity contribution in [3.8, 4) is 16.9 Å². The normalized spacial score (nSPS) is 11.6. The van der Waals surface area contributed by atoms with Gasteiger partial charge in [0.15, 0.2) is 0 Å². The number of fused-ring (bicyclic) bond motifs is 1. The summed E-state index contributed by atoms with van der Waals surface area (Å²) >= 11 is 0. The molecule has 0 radical (unpaired) electrons. The molecule has 0 bridgehead atoms. The highest BCUT2D eigenvalue weighted by atomic mass is 35.5. The summed E-state index contributed by atoms with van der Waals surface area (Å²) in [6, 6.07) is 24.5. The number of halogens is 2. The lowest BCUT2D eigenvalue weighted by atomic mass is 9.94. The van der Waals surface area contributed by atoms with E-state index in [9.17, 15) is 14.3 Å². The average Bonchev–Trinajstić information content (AvgIpc) is 2.82. The van der Waals surface area contributed by atoms with Crippen LogP contribution in [0.1, 0.15) is 41.4 Å². The highest BCUT2D eigenvalue weighted by Gasteiger charge is 2.14. The van der Waals surface area contributed by atoms with Crippen LogP contribution in [0, 0.1) is 5.82 Å². The molecule has 4 nitrogen and oxygen atoms in total. The fourth-order valence-electron chi connectivity index (χ4n) is 4.00. The van der Waals surface area contributed by atoms with Crippen LogP contribution >= 0.6 is 12.4 Å². The first kappa shape index (κ1) is 25.2. The van der Waals surface area contributed by atoms with E-state index in [0.717, 1.165) is 33.2 Å². The van der Waals surface area contributed by atoms with Gasteiger partial charge in [-0.2, -0.15) is 0 Å². The van der Waals surface area contributed by atoms with Gasteiger partial charge in [-0.25, -0.2) is 9.18 Å². The number of nitrogens with one attached hydrogen (secondary N) is 1. The molecule has 0 saturated heterocycles. The number of carboxylic acids is 1. The summed E-state index contributed by atoms with van der Waals surface area (Å²) in [5, 5.41) is 14.9. The smallest absolute Gasteiger partial charge is 0.338 e. The van der Waals surface area contributed by atoms with Gasteiger partial charge in [0.1, 0.15) is 11.6 Å². The van der Waals surface area contributed by atoms with Crippen LogP contribution in [0.3, 0.4) is 0 Å². The zero-order valence-electron chi connectivity index (χ0n) is 19.0. The summed E-state index contributed by atoms with van der Waals surface area (Å²) in [5.74, 6) is -1.17. The summed E-state index contributed by atoms with van der Waals surface area (Å²) in [7, 11) is 0. The second-order valence-corrected chi connectivity index (χ2v) is 7.97. The molecule has 4 aromatic carbocycles. The van der Waals surface area contributed by atoms with Crippen molar-refractivity contribution in [3.63, 3.8) is 0 Å². The van der Waals surface area contributed by atoms with Crippen LogP contribution in [0.2, 0.25) is 0 Å². The third kappa shape index (κ3) is 5.56. The van der Waals surface area contributed by atoms with Gasteiger partial charge in [0.2, 0.25) is 0 Å². The minimum absolute atomic E-state index is 0. The standard InChI is InChI=1S/C28H26FNO3.ClH/c1-3-33-23-9-6-8-20(15-23)18(2)30-17-19-13-21-7-4-5-10-24(21)25(14-19)22-11-12-27(29)26(16-22)28(31)32;/h4-16,18,30H,3,17H2,1-2H3,(H,31,32);1H/t18-;/m1./s1. The van der Waals surface area contributed by atoms with Crippen LogP contribution in [0.4, 0.5) is 4.39 Å². The van der Waals surface area contributed by atoms with E-state index in [2.05, 4.69) is 24.4 Å². The van der Waals surface area contributed by atoms with Gasteiger partial charge in [0.05, 0.1) is 12.2 Å². The molecule has 0 aromatic heterocycles. The number of ether oxygens (including phenoxy) is 1. The van der Waals surface area contributed by atoms with Crippen molar-refractivity contribution >= 4 is 29.1 Å². The lowest BCUT2D eigenvalue weighted by molar-refractivity contribution is 0.0692. The number of rotatable bonds is 8. The number of aromatic carboxylic acids is 1. The molecule has 0 unspecified atom stereocenters. The van der Waals surface area contributed by atoms with Crippen LogP contribution in [-0.4, -0.2) is 17.7 Å². The first-order valence-electron chi connectivity index (χ1n) is 11.0. The van der Waals surface area contributed by atoms with E-state index in [1.54, 1.807) is 6.07 Å². The average molecular weight is 480 g/mol. The Balaban J connectivity index is 0.00000324. The largest absolute Gasteiger partial charge is 0.494 e. The zero-order valence-corrected chi connectivity index (χ0v) is 19.9. The van der Waals surface area contributed by atoms with Crippen LogP contribution in [0.15, 0.2) is 78.9 Å². The molecule has 0 heterocycles. The molecule has 34 heavy (non-hydrogen) atoms. The number of carboxylic acid groups (broad SMARTS) is 1. The summed E-state index contributed by atoms with van der Waals surface area (Å²) in [4.78, 5) is 11.5. The molecule has 1 atom stereocenters. The first-order valence-corrected chi connectivity index (χ1v) is 11.0. The summed E-state index contributed by atoms with van der Waals surface area (Å²) in [6.45, 7) is 5.31. The monoisotopic (exact) mass is 479 g/mol. The van der Waals surface area contributed by atoms with Crippen molar-refractivity contribution in [3.05, 3.63) is 101 Å². The number of benzene rings is 4. The summed E-state index contributed by atoms with van der Waals surface area (Å²) in [5.41, 5.74) is 3.40. The fraction of sp³-hybridized carbons (Fsp3) is 0.179. The zero-order chi connectivity index (χ0) is 23.4. The molecule has 4 rings (SSSR count). The Morgan fingerprint density at radius 2 is 1.82 bits per heavy atom. The lowest BCUT2D eigenvalue weighted by Gasteiger charge is -2.17. The van der Waals surface area contributed by atoms with Gasteiger partial charge in [0, 0.05) is 12.6 Å². The second-order valence-electron chi connectivity index (χ2n) is 7.97. The van der Waals surface area contributed by atoms with Gasteiger partial charge >= 0.3 is 5.97 Å². The van der Waals surface area contributed by atoms with Crippen LogP contribution < -0.4 is 10.1 Å². The molecule has 0 saturated carbocycles. The summed E-state index contributed by atoms with van der Waals surface area (Å²) in [6.07, 6.45) is 0. The molecule has 0 aliphatic rings. The topological polar surface area (TPSA) is 58.6 Å². The van der Waals surface area contributed by atoms with E-state index < -0.39 is 11.8 Å². The lowest BCUT2D eigenvalue weighted by Crippen LogP contribution is -2.18. The quantitative estimate of drug-likeness (QED) is 0.285. The molecule has 6 heteroatoms. The maximum absolute atomic E-state index is 14.0. The molecule has 0 aliphatic heterocycles. The molecular formula is C28H27ClFNO3. The van der Waals surface area contributed by atoms with Gasteiger partial charge in [-0.3, -0.25) is 0 Å². The van der Waals surface area contributed by atoms with Crippen molar-refractivity contribution in [2.75, 3.05) is 6.61 Å². The first-order chi connectivity index (χ1) is 16.0. The van der Waals surface area contributed by atoms with Gasteiger partial charge in [-0.15, -0.1) is 12.4 Å². The molecule has 0 fully saturated rings. The highest BCUT2D eigenvalue weighted by molar-refractivity contribution is 5.99. The second kappa shape index (κ2) is 11.1. The van der Waals surface area contributed by atoms with Gasteiger partial charge in [-0.1, -0.05) is 42.5 Å². The molecule has 0 aliphatic carbocycles. The van der Waals surface area contributed by atoms with Crippen molar-refractivity contribution in [2.24, 2.45) is 0 Å². The summed E-state index contributed by atoms with van der Waals surface area (Å²) < 4.78 is 19.6. The molecule has 0 amide bonds. The SMILES string of the molecule is CCOc1cccc([C@@H](C)NCc2cc(-c3ccc(F)c(C(=O)O)c3)c3ccccc3c2)c1.Cl. The fourth-order valence-corrected chi connectivity index (χ4v) is 4.00. The van der Waals surface area contributed by atoms with Crippen LogP contribution in [-0.2, 0) is 6.54 Å². The predicted molar refractivity (Wildman–Crippen MR) is 136 cm³/mol. The number of hydrogen-bond donors (Lipinski definition) is 2. The van der Waals surface area contributed by atoms with Gasteiger partial charge in [0.25, 0.3) is 0 Å². The van der Waals surface area contributed by atoms with Crippen LogP contribution in [0.5, 0.6) is 5.75 Å². The predicted octanol–water partition coefficient (Wildman–Crippen LogP) is 7.02. The molecule has 176 valence electrons. The Labute approximate surface area is 204 Å². The molecule has 0 spiro atoms. The Morgan fingerprint density at radius 1 is 1.03 bits per heavy atom. The van der Waals surface area contributed by atoms with E-state index in [4.69, 9.17) is 4.74 Å². The van der Waals surface area contributed by atoms with E-state index in [1.807, 2.05) is 55.5 Å². The van der Waals surface area contributed by atoms with E-state index in [1.165, 1.54) is 12.1 Å². The number of hydrogen-bond acceptors (Lipinski definition) is 3. The van der Waals surface area contributed by atoms with Crippen molar-refractivity contribution in [1.82, 2.24) is 5.32 Å². The Bertz CT molecular complexity index is 1310. The van der Waals surface area contributed by atoms with Crippen LogP contribution in [0.25, 0.3) is 21.9 Å². The van der Waals surface area contributed by atoms with Gasteiger partial charge in [-0.05, 0) is 83.3 Å². The minimum atomic E-state index is -1.28. The number of carbonyl (C=O) groups is 1. The van der Waals surface area contributed by atoms with Gasteiger partial charge < -0.3 is 15.2 Å².